The highest BCUT2D eigenvalue weighted by Gasteiger charge is 2.40. The number of nitrogens with two attached hydrogens (primary N) is 1. The molecule has 0 bridgehead atoms. The van der Waals surface area contributed by atoms with Crippen LogP contribution < -0.4 is 11.1 Å². The Morgan fingerprint density at radius 3 is 2.42 bits per heavy atom. The first-order valence-corrected chi connectivity index (χ1v) is 5.89. The molecule has 0 aliphatic heterocycles. The maximum atomic E-state index is 13.0. The van der Waals surface area contributed by atoms with Crippen LogP contribution in [0.2, 0.25) is 0 Å². The van der Waals surface area contributed by atoms with E-state index >= 15 is 0 Å². The van der Waals surface area contributed by atoms with Gasteiger partial charge in [-0.15, -0.1) is 0 Å². The molecule has 0 spiro atoms. The Balaban J connectivity index is 3.05. The van der Waals surface area contributed by atoms with Gasteiger partial charge in [0.2, 0.25) is 5.91 Å². The fourth-order valence-electron chi connectivity index (χ4n) is 1.29. The minimum absolute atomic E-state index is 0.0824. The summed E-state index contributed by atoms with van der Waals surface area (Å²) >= 11 is 0. The van der Waals surface area contributed by atoms with Gasteiger partial charge in [-0.2, -0.15) is 5.26 Å². The maximum absolute atomic E-state index is 13.0. The third-order valence-corrected chi connectivity index (χ3v) is 3.53. The van der Waals surface area contributed by atoms with Crippen LogP contribution in [0.5, 0.6) is 0 Å². The number of anilines is 1. The summed E-state index contributed by atoms with van der Waals surface area (Å²) in [6, 6.07) is 5.48. The Bertz CT molecular complexity index is 539. The third-order valence-electron chi connectivity index (χ3n) is 3.53. The molecule has 1 rings (SSSR count). The first kappa shape index (κ1) is 15.1. The highest BCUT2D eigenvalue weighted by molar-refractivity contribution is 5.96. The number of hydrogen-bond donors (Lipinski definition) is 2. The summed E-state index contributed by atoms with van der Waals surface area (Å²) in [6.07, 6.45) is 0. The zero-order valence-electron chi connectivity index (χ0n) is 11.5. The average Bonchev–Trinajstić information content (AvgIpc) is 2.29. The van der Waals surface area contributed by atoms with Crippen molar-refractivity contribution in [2.45, 2.75) is 33.2 Å². The van der Waals surface area contributed by atoms with Crippen molar-refractivity contribution in [2.75, 3.05) is 5.32 Å². The van der Waals surface area contributed by atoms with Gasteiger partial charge >= 0.3 is 0 Å². The van der Waals surface area contributed by atoms with Gasteiger partial charge < -0.3 is 11.1 Å². The number of nitrogens with zero attached hydrogens (tertiary/aromatic N) is 1. The number of halogens is 1. The molecular formula is C14H18FN3O. The summed E-state index contributed by atoms with van der Waals surface area (Å²) in [7, 11) is 0. The summed E-state index contributed by atoms with van der Waals surface area (Å²) in [4.78, 5) is 12.2. The summed E-state index contributed by atoms with van der Waals surface area (Å²) in [5.41, 5.74) is 4.77. The van der Waals surface area contributed by atoms with E-state index in [4.69, 9.17) is 11.0 Å². The SMILES string of the molecule is CC(C)(N)C(C)(C)C(=O)Nc1ccc(F)cc1C#N. The fourth-order valence-corrected chi connectivity index (χ4v) is 1.29. The van der Waals surface area contributed by atoms with Crippen LogP contribution in [-0.2, 0) is 4.79 Å². The van der Waals surface area contributed by atoms with Crippen LogP contribution in [0.3, 0.4) is 0 Å². The molecule has 0 saturated heterocycles. The van der Waals surface area contributed by atoms with Gasteiger partial charge in [0.15, 0.2) is 0 Å². The van der Waals surface area contributed by atoms with Gasteiger partial charge in [-0.05, 0) is 45.9 Å². The van der Waals surface area contributed by atoms with Gasteiger partial charge in [-0.3, -0.25) is 4.79 Å². The molecule has 0 aromatic heterocycles. The average molecular weight is 263 g/mol. The molecule has 0 atom stereocenters. The molecule has 0 aliphatic carbocycles. The quantitative estimate of drug-likeness (QED) is 0.878. The third kappa shape index (κ3) is 3.09. The van der Waals surface area contributed by atoms with Gasteiger partial charge in [0, 0.05) is 5.54 Å². The highest BCUT2D eigenvalue weighted by atomic mass is 19.1. The fraction of sp³-hybridized carbons (Fsp3) is 0.429. The largest absolute Gasteiger partial charge is 0.325 e. The molecule has 0 aliphatic rings. The standard InChI is InChI=1S/C14H18FN3O/c1-13(2,14(3,4)17)12(19)18-11-6-5-10(15)7-9(11)8-16/h5-7H,17H2,1-4H3,(H,18,19). The number of rotatable bonds is 3. The maximum Gasteiger partial charge on any atom is 0.231 e. The predicted molar refractivity (Wildman–Crippen MR) is 71.8 cm³/mol. The van der Waals surface area contributed by atoms with Crippen molar-refractivity contribution in [1.29, 1.82) is 5.26 Å². The number of hydrogen-bond acceptors (Lipinski definition) is 3. The van der Waals surface area contributed by atoms with Crippen molar-refractivity contribution < 1.29 is 9.18 Å². The molecule has 0 saturated carbocycles. The summed E-state index contributed by atoms with van der Waals surface area (Å²) in [6.45, 7) is 6.95. The van der Waals surface area contributed by atoms with Crippen molar-refractivity contribution in [1.82, 2.24) is 0 Å². The number of benzene rings is 1. The van der Waals surface area contributed by atoms with E-state index in [-0.39, 0.29) is 17.2 Å². The van der Waals surface area contributed by atoms with Crippen molar-refractivity contribution in [3.63, 3.8) is 0 Å². The molecular weight excluding hydrogens is 245 g/mol. The van der Waals surface area contributed by atoms with E-state index < -0.39 is 16.8 Å². The van der Waals surface area contributed by atoms with E-state index in [0.29, 0.717) is 0 Å². The van der Waals surface area contributed by atoms with Crippen molar-refractivity contribution in [2.24, 2.45) is 11.1 Å². The number of nitrogens with one attached hydrogen (secondary N) is 1. The van der Waals surface area contributed by atoms with Crippen molar-refractivity contribution in [3.8, 4) is 6.07 Å². The zero-order valence-corrected chi connectivity index (χ0v) is 11.5. The topological polar surface area (TPSA) is 78.9 Å². The minimum atomic E-state index is -0.839. The molecule has 5 heteroatoms. The lowest BCUT2D eigenvalue weighted by Gasteiger charge is -2.36. The van der Waals surface area contributed by atoms with E-state index in [1.165, 1.54) is 12.1 Å². The predicted octanol–water partition coefficient (Wildman–Crippen LogP) is 2.40. The smallest absolute Gasteiger partial charge is 0.231 e. The number of nitriles is 1. The molecule has 102 valence electrons. The molecule has 1 aromatic carbocycles. The Morgan fingerprint density at radius 2 is 1.95 bits per heavy atom. The first-order chi connectivity index (χ1) is 8.59. The lowest BCUT2D eigenvalue weighted by atomic mass is 9.74. The lowest BCUT2D eigenvalue weighted by Crippen LogP contribution is -2.53. The van der Waals surface area contributed by atoms with Crippen LogP contribution in [0.1, 0.15) is 33.3 Å². The zero-order chi connectivity index (χ0) is 14.8. The molecule has 3 N–H and O–H groups in total. The monoisotopic (exact) mass is 263 g/mol. The Kier molecular flexibility index (Phi) is 3.97. The molecule has 1 amide bonds. The van der Waals surface area contributed by atoms with Crippen molar-refractivity contribution >= 4 is 11.6 Å². The number of carbonyl (C=O) groups excluding carboxylic acids is 1. The van der Waals surface area contributed by atoms with E-state index in [9.17, 15) is 9.18 Å². The number of amides is 1. The van der Waals surface area contributed by atoms with E-state index in [0.717, 1.165) is 6.07 Å². The summed E-state index contributed by atoms with van der Waals surface area (Å²) < 4.78 is 13.0. The van der Waals surface area contributed by atoms with Gasteiger partial charge in [0.25, 0.3) is 0 Å². The van der Waals surface area contributed by atoms with Crippen LogP contribution >= 0.6 is 0 Å². The van der Waals surface area contributed by atoms with Gasteiger partial charge in [0.1, 0.15) is 11.9 Å². The lowest BCUT2D eigenvalue weighted by molar-refractivity contribution is -0.126. The van der Waals surface area contributed by atoms with Gasteiger partial charge in [-0.25, -0.2) is 4.39 Å². The Hall–Kier alpha value is -1.93. The second-order valence-corrected chi connectivity index (χ2v) is 5.60. The van der Waals surface area contributed by atoms with E-state index in [2.05, 4.69) is 5.32 Å². The normalized spacial score (nSPS) is 11.8. The van der Waals surface area contributed by atoms with E-state index in [1.807, 2.05) is 6.07 Å². The second kappa shape index (κ2) is 4.98. The van der Waals surface area contributed by atoms with Crippen LogP contribution in [0, 0.1) is 22.6 Å². The Labute approximate surface area is 112 Å². The van der Waals surface area contributed by atoms with Gasteiger partial charge in [0.05, 0.1) is 16.7 Å². The van der Waals surface area contributed by atoms with E-state index in [1.54, 1.807) is 27.7 Å². The van der Waals surface area contributed by atoms with Gasteiger partial charge in [-0.1, -0.05) is 0 Å². The van der Waals surface area contributed by atoms with Crippen LogP contribution in [0.15, 0.2) is 18.2 Å². The molecule has 0 heterocycles. The molecule has 0 unspecified atom stereocenters. The molecule has 0 radical (unpaired) electrons. The molecule has 1 aromatic rings. The Morgan fingerprint density at radius 1 is 1.37 bits per heavy atom. The van der Waals surface area contributed by atoms with Crippen molar-refractivity contribution in [3.05, 3.63) is 29.6 Å². The van der Waals surface area contributed by atoms with Crippen LogP contribution in [0.4, 0.5) is 10.1 Å². The van der Waals surface area contributed by atoms with Crippen LogP contribution in [0.25, 0.3) is 0 Å². The first-order valence-electron chi connectivity index (χ1n) is 5.89. The van der Waals surface area contributed by atoms with Crippen LogP contribution in [-0.4, -0.2) is 11.4 Å². The number of carbonyl (C=O) groups is 1. The summed E-state index contributed by atoms with van der Waals surface area (Å²) in [5, 5.41) is 11.6. The second-order valence-electron chi connectivity index (χ2n) is 5.60. The molecule has 19 heavy (non-hydrogen) atoms. The minimum Gasteiger partial charge on any atom is -0.325 e. The summed E-state index contributed by atoms with van der Waals surface area (Å²) in [5.74, 6) is -0.837. The highest BCUT2D eigenvalue weighted by Crippen LogP contribution is 2.30. The molecule has 0 fully saturated rings. The molecule has 4 nitrogen and oxygen atoms in total.